The standard InChI is InChI=1S/C11H14FNO2/c1-8-5-9(7-10(12)6-8)11(15)13(2)3-4-14/h5-7,14H,3-4H2,1-2H3. The number of hydrogen-bond acceptors (Lipinski definition) is 2. The third kappa shape index (κ3) is 3.02. The predicted octanol–water partition coefficient (Wildman–Crippen LogP) is 1.20. The summed E-state index contributed by atoms with van der Waals surface area (Å²) < 4.78 is 13.0. The van der Waals surface area contributed by atoms with Gasteiger partial charge in [-0.15, -0.1) is 0 Å². The van der Waals surface area contributed by atoms with Gasteiger partial charge in [0, 0.05) is 19.2 Å². The van der Waals surface area contributed by atoms with E-state index in [1.165, 1.54) is 17.0 Å². The second kappa shape index (κ2) is 4.89. The number of aliphatic hydroxyl groups is 1. The molecule has 0 fully saturated rings. The second-order valence-electron chi connectivity index (χ2n) is 3.47. The first-order chi connectivity index (χ1) is 7.04. The van der Waals surface area contributed by atoms with Gasteiger partial charge in [-0.25, -0.2) is 4.39 Å². The Morgan fingerprint density at radius 1 is 1.47 bits per heavy atom. The first-order valence-corrected chi connectivity index (χ1v) is 4.68. The quantitative estimate of drug-likeness (QED) is 0.816. The normalized spacial score (nSPS) is 10.1. The number of aryl methyl sites for hydroxylation is 1. The Balaban J connectivity index is 2.90. The second-order valence-corrected chi connectivity index (χ2v) is 3.47. The SMILES string of the molecule is Cc1cc(F)cc(C(=O)N(C)CCO)c1. The van der Waals surface area contributed by atoms with Crippen LogP contribution in [0.25, 0.3) is 0 Å². The summed E-state index contributed by atoms with van der Waals surface area (Å²) in [4.78, 5) is 13.0. The molecule has 0 saturated carbocycles. The van der Waals surface area contributed by atoms with Gasteiger partial charge in [0.25, 0.3) is 5.91 Å². The zero-order valence-corrected chi connectivity index (χ0v) is 8.83. The first-order valence-electron chi connectivity index (χ1n) is 4.68. The number of amides is 1. The summed E-state index contributed by atoms with van der Waals surface area (Å²) in [7, 11) is 1.57. The molecule has 1 rings (SSSR count). The van der Waals surface area contributed by atoms with E-state index in [0.717, 1.165) is 0 Å². The fourth-order valence-electron chi connectivity index (χ4n) is 1.33. The number of likely N-dealkylation sites (N-methyl/N-ethyl adjacent to an activating group) is 1. The molecule has 0 aliphatic rings. The number of carbonyl (C=O) groups excluding carboxylic acids is 1. The summed E-state index contributed by atoms with van der Waals surface area (Å²) >= 11 is 0. The Labute approximate surface area is 88.1 Å². The van der Waals surface area contributed by atoms with Crippen molar-refractivity contribution in [3.05, 3.63) is 35.1 Å². The molecule has 4 heteroatoms. The van der Waals surface area contributed by atoms with Crippen molar-refractivity contribution >= 4 is 5.91 Å². The average Bonchev–Trinajstić information content (AvgIpc) is 2.15. The van der Waals surface area contributed by atoms with Crippen LogP contribution >= 0.6 is 0 Å². The molecule has 0 aromatic heterocycles. The zero-order chi connectivity index (χ0) is 11.4. The van der Waals surface area contributed by atoms with Crippen molar-refractivity contribution in [3.63, 3.8) is 0 Å². The van der Waals surface area contributed by atoms with Crippen LogP contribution in [0.3, 0.4) is 0 Å². The lowest BCUT2D eigenvalue weighted by atomic mass is 10.1. The highest BCUT2D eigenvalue weighted by Crippen LogP contribution is 2.10. The first kappa shape index (κ1) is 11.7. The van der Waals surface area contributed by atoms with Gasteiger partial charge in [0.1, 0.15) is 5.82 Å². The van der Waals surface area contributed by atoms with Crippen LogP contribution in [0, 0.1) is 12.7 Å². The van der Waals surface area contributed by atoms with Crippen molar-refractivity contribution in [2.45, 2.75) is 6.92 Å². The maximum atomic E-state index is 13.0. The van der Waals surface area contributed by atoms with E-state index in [0.29, 0.717) is 11.1 Å². The number of hydrogen-bond donors (Lipinski definition) is 1. The molecule has 0 aliphatic carbocycles. The van der Waals surface area contributed by atoms with Crippen LogP contribution in [0.2, 0.25) is 0 Å². The van der Waals surface area contributed by atoms with Gasteiger partial charge < -0.3 is 10.0 Å². The Hall–Kier alpha value is -1.42. The van der Waals surface area contributed by atoms with E-state index in [9.17, 15) is 9.18 Å². The van der Waals surface area contributed by atoms with Crippen LogP contribution in [0.4, 0.5) is 4.39 Å². The van der Waals surface area contributed by atoms with Crippen molar-refractivity contribution in [3.8, 4) is 0 Å². The van der Waals surface area contributed by atoms with Crippen LogP contribution in [0.15, 0.2) is 18.2 Å². The molecule has 0 radical (unpaired) electrons. The van der Waals surface area contributed by atoms with E-state index in [2.05, 4.69) is 0 Å². The number of rotatable bonds is 3. The van der Waals surface area contributed by atoms with Gasteiger partial charge in [-0.2, -0.15) is 0 Å². The minimum Gasteiger partial charge on any atom is -0.395 e. The number of benzene rings is 1. The third-order valence-electron chi connectivity index (χ3n) is 2.07. The van der Waals surface area contributed by atoms with Crippen LogP contribution < -0.4 is 0 Å². The highest BCUT2D eigenvalue weighted by Gasteiger charge is 2.12. The van der Waals surface area contributed by atoms with E-state index < -0.39 is 5.82 Å². The van der Waals surface area contributed by atoms with E-state index in [1.54, 1.807) is 20.0 Å². The topological polar surface area (TPSA) is 40.5 Å². The molecule has 1 aromatic carbocycles. The van der Waals surface area contributed by atoms with Gasteiger partial charge in [-0.05, 0) is 30.7 Å². The van der Waals surface area contributed by atoms with Gasteiger partial charge in [-0.3, -0.25) is 4.79 Å². The molecule has 0 bridgehead atoms. The molecule has 1 aromatic rings. The lowest BCUT2D eigenvalue weighted by Gasteiger charge is -2.15. The molecule has 0 spiro atoms. The summed E-state index contributed by atoms with van der Waals surface area (Å²) in [5.74, 6) is -0.706. The molecule has 1 N–H and O–H groups in total. The molecule has 15 heavy (non-hydrogen) atoms. The van der Waals surface area contributed by atoms with Gasteiger partial charge in [0.15, 0.2) is 0 Å². The molecule has 0 aliphatic heterocycles. The van der Waals surface area contributed by atoms with Gasteiger partial charge >= 0.3 is 0 Å². The fraction of sp³-hybridized carbons (Fsp3) is 0.364. The van der Waals surface area contributed by atoms with Crippen molar-refractivity contribution in [1.29, 1.82) is 0 Å². The smallest absolute Gasteiger partial charge is 0.253 e. The molecule has 82 valence electrons. The Morgan fingerprint density at radius 3 is 2.67 bits per heavy atom. The third-order valence-corrected chi connectivity index (χ3v) is 2.07. The predicted molar refractivity (Wildman–Crippen MR) is 55.2 cm³/mol. The minimum absolute atomic E-state index is 0.101. The highest BCUT2D eigenvalue weighted by molar-refractivity contribution is 5.94. The van der Waals surface area contributed by atoms with Crippen molar-refractivity contribution < 1.29 is 14.3 Å². The number of aliphatic hydroxyl groups excluding tert-OH is 1. The fourth-order valence-corrected chi connectivity index (χ4v) is 1.33. The van der Waals surface area contributed by atoms with Crippen LogP contribution in [0.5, 0.6) is 0 Å². The molecule has 0 atom stereocenters. The monoisotopic (exact) mass is 211 g/mol. The van der Waals surface area contributed by atoms with Crippen LogP contribution in [-0.2, 0) is 0 Å². The molecular weight excluding hydrogens is 197 g/mol. The highest BCUT2D eigenvalue weighted by atomic mass is 19.1. The summed E-state index contributed by atoms with van der Waals surface area (Å²) in [6.45, 7) is 1.87. The molecule has 0 heterocycles. The van der Waals surface area contributed by atoms with Crippen molar-refractivity contribution in [2.24, 2.45) is 0 Å². The Morgan fingerprint density at radius 2 is 2.13 bits per heavy atom. The zero-order valence-electron chi connectivity index (χ0n) is 8.83. The van der Waals surface area contributed by atoms with Crippen LogP contribution in [-0.4, -0.2) is 36.1 Å². The number of nitrogens with zero attached hydrogens (tertiary/aromatic N) is 1. The van der Waals surface area contributed by atoms with E-state index in [4.69, 9.17) is 5.11 Å². The average molecular weight is 211 g/mol. The maximum absolute atomic E-state index is 13.0. The Bertz CT molecular complexity index is 345. The molecular formula is C11H14FNO2. The van der Waals surface area contributed by atoms with E-state index in [1.807, 2.05) is 0 Å². The Kier molecular flexibility index (Phi) is 3.80. The number of halogens is 1. The maximum Gasteiger partial charge on any atom is 0.253 e. The van der Waals surface area contributed by atoms with Gasteiger partial charge in [0.2, 0.25) is 0 Å². The molecule has 0 saturated heterocycles. The number of carbonyl (C=O) groups is 1. The lowest BCUT2D eigenvalue weighted by Crippen LogP contribution is -2.29. The van der Waals surface area contributed by atoms with Crippen molar-refractivity contribution in [2.75, 3.05) is 20.2 Å². The lowest BCUT2D eigenvalue weighted by molar-refractivity contribution is 0.0766. The molecule has 1 amide bonds. The summed E-state index contributed by atoms with van der Waals surface area (Å²) in [6.07, 6.45) is 0. The van der Waals surface area contributed by atoms with Crippen LogP contribution in [0.1, 0.15) is 15.9 Å². The van der Waals surface area contributed by atoms with E-state index >= 15 is 0 Å². The van der Waals surface area contributed by atoms with Gasteiger partial charge in [-0.1, -0.05) is 0 Å². The van der Waals surface area contributed by atoms with E-state index in [-0.39, 0.29) is 19.1 Å². The molecule has 0 unspecified atom stereocenters. The summed E-state index contributed by atoms with van der Waals surface area (Å²) in [5.41, 5.74) is 1.01. The van der Waals surface area contributed by atoms with Gasteiger partial charge in [0.05, 0.1) is 6.61 Å². The molecule has 3 nitrogen and oxygen atoms in total. The largest absolute Gasteiger partial charge is 0.395 e. The summed E-state index contributed by atoms with van der Waals surface area (Å²) in [6, 6.07) is 4.19. The summed E-state index contributed by atoms with van der Waals surface area (Å²) in [5, 5.41) is 8.67. The minimum atomic E-state index is -0.421. The van der Waals surface area contributed by atoms with Crippen molar-refractivity contribution in [1.82, 2.24) is 4.90 Å².